The minimum Gasteiger partial charge on any atom is -0.506 e. The summed E-state index contributed by atoms with van der Waals surface area (Å²) < 4.78 is 21.2. The number of aromatic nitrogens is 1. The molecule has 1 aromatic heterocycles. The molecule has 8 heteroatoms. The highest BCUT2D eigenvalue weighted by atomic mass is 32.2. The van der Waals surface area contributed by atoms with Gasteiger partial charge in [-0.1, -0.05) is 0 Å². The van der Waals surface area contributed by atoms with Gasteiger partial charge in [0.25, 0.3) is 5.91 Å². The van der Waals surface area contributed by atoms with Crippen LogP contribution in [0.3, 0.4) is 0 Å². The number of carbonyl (C=O) groups excluding carboxylic acids is 1. The van der Waals surface area contributed by atoms with Gasteiger partial charge in [-0.05, 0) is 6.07 Å². The molecule has 1 aromatic rings. The average Bonchev–Trinajstić information content (AvgIpc) is 2.15. The van der Waals surface area contributed by atoms with Crippen LogP contribution in [0.2, 0.25) is 0 Å². The molecule has 0 spiro atoms. The normalized spacial score (nSPS) is 11.1. The van der Waals surface area contributed by atoms with Gasteiger partial charge in [0, 0.05) is 12.7 Å². The first kappa shape index (κ1) is 12.4. The molecule has 1 rings (SSSR count). The van der Waals surface area contributed by atoms with Crippen LogP contribution in [0.1, 0.15) is 10.4 Å². The molecule has 88 valence electrons. The van der Waals surface area contributed by atoms with Crippen molar-refractivity contribution in [2.75, 3.05) is 12.3 Å². The summed E-state index contributed by atoms with van der Waals surface area (Å²) in [6.07, 6.45) is 2.44. The van der Waals surface area contributed by atoms with Crippen molar-refractivity contribution in [3.05, 3.63) is 24.0 Å². The average molecular weight is 245 g/mol. The van der Waals surface area contributed by atoms with E-state index in [9.17, 15) is 13.2 Å². The lowest BCUT2D eigenvalue weighted by molar-refractivity contribution is 0.0955. The van der Waals surface area contributed by atoms with E-state index in [2.05, 4.69) is 10.3 Å². The molecule has 16 heavy (non-hydrogen) atoms. The number of nitrogens with one attached hydrogen (secondary N) is 1. The van der Waals surface area contributed by atoms with Crippen LogP contribution in [-0.2, 0) is 10.0 Å². The van der Waals surface area contributed by atoms with E-state index in [1.54, 1.807) is 0 Å². The number of amides is 1. The number of hydrogen-bond acceptors (Lipinski definition) is 5. The Kier molecular flexibility index (Phi) is 3.80. The van der Waals surface area contributed by atoms with Crippen LogP contribution in [0.25, 0.3) is 0 Å². The van der Waals surface area contributed by atoms with Crippen LogP contribution < -0.4 is 10.5 Å². The zero-order valence-electron chi connectivity index (χ0n) is 8.25. The number of hydrogen-bond donors (Lipinski definition) is 3. The summed E-state index contributed by atoms with van der Waals surface area (Å²) in [6.45, 7) is -0.0900. The van der Waals surface area contributed by atoms with Crippen molar-refractivity contribution < 1.29 is 18.3 Å². The highest BCUT2D eigenvalue weighted by Gasteiger charge is 2.08. The fraction of sp³-hybridized carbons (Fsp3) is 0.250. The lowest BCUT2D eigenvalue weighted by atomic mass is 10.2. The van der Waals surface area contributed by atoms with Crippen LogP contribution in [0.15, 0.2) is 18.5 Å². The largest absolute Gasteiger partial charge is 0.506 e. The number of pyridine rings is 1. The van der Waals surface area contributed by atoms with Gasteiger partial charge in [-0.25, -0.2) is 13.6 Å². The van der Waals surface area contributed by atoms with Gasteiger partial charge >= 0.3 is 0 Å². The summed E-state index contributed by atoms with van der Waals surface area (Å²) in [6, 6.07) is 1.22. The Morgan fingerprint density at radius 1 is 1.50 bits per heavy atom. The van der Waals surface area contributed by atoms with Crippen molar-refractivity contribution >= 4 is 15.9 Å². The Balaban J connectivity index is 2.54. The summed E-state index contributed by atoms with van der Waals surface area (Å²) in [4.78, 5) is 15.0. The second-order valence-electron chi connectivity index (χ2n) is 3.05. The van der Waals surface area contributed by atoms with E-state index in [1.807, 2.05) is 0 Å². The number of rotatable bonds is 4. The van der Waals surface area contributed by atoms with Crippen molar-refractivity contribution in [3.63, 3.8) is 0 Å². The Morgan fingerprint density at radius 2 is 2.19 bits per heavy atom. The number of sulfonamides is 1. The Labute approximate surface area is 92.4 Å². The molecule has 0 aliphatic heterocycles. The molecular formula is C8H11N3O4S. The van der Waals surface area contributed by atoms with Gasteiger partial charge in [-0.3, -0.25) is 9.78 Å². The lowest BCUT2D eigenvalue weighted by Gasteiger charge is -2.03. The number of carbonyl (C=O) groups is 1. The van der Waals surface area contributed by atoms with Crippen molar-refractivity contribution in [1.82, 2.24) is 10.3 Å². The molecular weight excluding hydrogens is 234 g/mol. The number of nitrogens with zero attached hydrogens (tertiary/aromatic N) is 1. The highest BCUT2D eigenvalue weighted by Crippen LogP contribution is 2.07. The van der Waals surface area contributed by atoms with E-state index in [0.717, 1.165) is 0 Å². The molecule has 1 amide bonds. The highest BCUT2D eigenvalue weighted by molar-refractivity contribution is 7.89. The van der Waals surface area contributed by atoms with Crippen LogP contribution in [0.5, 0.6) is 5.75 Å². The molecule has 0 saturated carbocycles. The maximum absolute atomic E-state index is 11.4. The van der Waals surface area contributed by atoms with Crippen molar-refractivity contribution in [3.8, 4) is 5.75 Å². The maximum Gasteiger partial charge on any atom is 0.253 e. The Hall–Kier alpha value is -1.67. The SMILES string of the molecule is NS(=O)(=O)CCNC(=O)c1cncc(O)c1. The van der Waals surface area contributed by atoms with Crippen molar-refractivity contribution in [2.45, 2.75) is 0 Å². The zero-order valence-corrected chi connectivity index (χ0v) is 9.07. The first-order valence-corrected chi connectivity index (χ1v) is 6.03. The standard InChI is InChI=1S/C8H11N3O4S/c9-16(14,15)2-1-11-8(13)6-3-7(12)5-10-4-6/h3-5,12H,1-2H2,(H,11,13)(H2,9,14,15). The first-order chi connectivity index (χ1) is 7.38. The second-order valence-corrected chi connectivity index (χ2v) is 4.79. The van der Waals surface area contributed by atoms with E-state index in [1.165, 1.54) is 18.5 Å². The number of primary sulfonamides is 1. The minimum atomic E-state index is -3.59. The molecule has 0 unspecified atom stereocenters. The van der Waals surface area contributed by atoms with Gasteiger partial charge in [0.15, 0.2) is 0 Å². The maximum atomic E-state index is 11.4. The summed E-state index contributed by atoms with van der Waals surface area (Å²) in [5, 5.41) is 16.1. The van der Waals surface area contributed by atoms with E-state index < -0.39 is 15.9 Å². The van der Waals surface area contributed by atoms with Crippen LogP contribution in [-0.4, -0.2) is 36.7 Å². The molecule has 7 nitrogen and oxygen atoms in total. The number of aromatic hydroxyl groups is 1. The van der Waals surface area contributed by atoms with Crippen molar-refractivity contribution in [2.24, 2.45) is 5.14 Å². The van der Waals surface area contributed by atoms with Crippen molar-refractivity contribution in [1.29, 1.82) is 0 Å². The molecule has 0 bridgehead atoms. The fourth-order valence-corrected chi connectivity index (χ4v) is 1.35. The molecule has 0 aliphatic rings. The van der Waals surface area contributed by atoms with E-state index in [-0.39, 0.29) is 23.6 Å². The predicted octanol–water partition coefficient (Wildman–Crippen LogP) is -1.19. The van der Waals surface area contributed by atoms with Gasteiger partial charge in [-0.2, -0.15) is 0 Å². The molecule has 0 aliphatic carbocycles. The van der Waals surface area contributed by atoms with Gasteiger partial charge < -0.3 is 10.4 Å². The summed E-state index contributed by atoms with van der Waals surface area (Å²) in [5.41, 5.74) is 0.148. The quantitative estimate of drug-likeness (QED) is 0.615. The molecule has 0 atom stereocenters. The third-order valence-electron chi connectivity index (χ3n) is 1.66. The second kappa shape index (κ2) is 4.90. The van der Waals surface area contributed by atoms with Gasteiger partial charge in [0.1, 0.15) is 5.75 Å². The zero-order chi connectivity index (χ0) is 12.2. The Morgan fingerprint density at radius 3 is 2.75 bits per heavy atom. The van der Waals surface area contributed by atoms with E-state index in [0.29, 0.717) is 0 Å². The topological polar surface area (TPSA) is 122 Å². The van der Waals surface area contributed by atoms with Crippen LogP contribution >= 0.6 is 0 Å². The molecule has 4 N–H and O–H groups in total. The molecule has 1 heterocycles. The summed E-state index contributed by atoms with van der Waals surface area (Å²) in [7, 11) is -3.59. The minimum absolute atomic E-state index is 0.0900. The van der Waals surface area contributed by atoms with Gasteiger partial charge in [0.05, 0.1) is 17.5 Å². The third kappa shape index (κ3) is 4.24. The van der Waals surface area contributed by atoms with E-state index in [4.69, 9.17) is 10.2 Å². The lowest BCUT2D eigenvalue weighted by Crippen LogP contribution is -2.31. The predicted molar refractivity (Wildman–Crippen MR) is 56.2 cm³/mol. The monoisotopic (exact) mass is 245 g/mol. The van der Waals surface area contributed by atoms with Gasteiger partial charge in [-0.15, -0.1) is 0 Å². The first-order valence-electron chi connectivity index (χ1n) is 4.31. The summed E-state index contributed by atoms with van der Waals surface area (Å²) >= 11 is 0. The number of nitrogens with two attached hydrogens (primary N) is 1. The fourth-order valence-electron chi connectivity index (χ4n) is 0.961. The van der Waals surface area contributed by atoms with Crippen LogP contribution in [0.4, 0.5) is 0 Å². The molecule has 0 aromatic carbocycles. The smallest absolute Gasteiger partial charge is 0.253 e. The van der Waals surface area contributed by atoms with Gasteiger partial charge in [0.2, 0.25) is 10.0 Å². The molecule has 0 radical (unpaired) electrons. The summed E-state index contributed by atoms with van der Waals surface area (Å²) in [5.74, 6) is -1.00. The molecule has 0 saturated heterocycles. The Bertz CT molecular complexity index is 486. The van der Waals surface area contributed by atoms with E-state index >= 15 is 0 Å². The van der Waals surface area contributed by atoms with Crippen LogP contribution in [0, 0.1) is 0 Å². The third-order valence-corrected chi connectivity index (χ3v) is 2.43. The molecule has 0 fully saturated rings.